The Bertz CT molecular complexity index is 748. The molecule has 2 aromatic carbocycles. The number of carbonyl (C=O) groups is 1. The van der Waals surface area contributed by atoms with E-state index in [2.05, 4.69) is 0 Å². The van der Waals surface area contributed by atoms with Crippen molar-refractivity contribution in [1.29, 1.82) is 0 Å². The van der Waals surface area contributed by atoms with Gasteiger partial charge in [-0.15, -0.1) is 0 Å². The monoisotopic (exact) mass is 378 g/mol. The maximum Gasteiger partial charge on any atom is 0.417 e. The van der Waals surface area contributed by atoms with E-state index in [1.165, 1.54) is 43.3 Å². The summed E-state index contributed by atoms with van der Waals surface area (Å²) in [5, 5.41) is 9.07. The van der Waals surface area contributed by atoms with Gasteiger partial charge in [0, 0.05) is 5.56 Å². The lowest BCUT2D eigenvalue weighted by Crippen LogP contribution is -2.11. The van der Waals surface area contributed by atoms with Gasteiger partial charge in [-0.2, -0.15) is 26.3 Å². The molecule has 0 aliphatic rings. The van der Waals surface area contributed by atoms with Crippen LogP contribution in [-0.4, -0.2) is 10.9 Å². The van der Waals surface area contributed by atoms with Crippen molar-refractivity contribution in [1.82, 2.24) is 0 Å². The Hall–Kier alpha value is -2.35. The Morgan fingerprint density at radius 2 is 1.27 bits per heavy atom. The maximum atomic E-state index is 12.3. The summed E-state index contributed by atoms with van der Waals surface area (Å²) in [7, 11) is 0. The van der Waals surface area contributed by atoms with Gasteiger partial charge < -0.3 is 5.11 Å². The Morgan fingerprint density at radius 1 is 0.846 bits per heavy atom. The first-order valence-electron chi connectivity index (χ1n) is 7.37. The predicted molar refractivity (Wildman–Crippen MR) is 83.5 cm³/mol. The number of benzene rings is 2. The van der Waals surface area contributed by atoms with Crippen LogP contribution >= 0.6 is 0 Å². The molecular formula is C18H16F6O2. The van der Waals surface area contributed by atoms with Gasteiger partial charge in [0.05, 0.1) is 17.2 Å². The molecule has 0 amide bonds. The normalized spacial score (nSPS) is 12.8. The summed E-state index contributed by atoms with van der Waals surface area (Å²) in [6.45, 7) is 2.43. The van der Waals surface area contributed by atoms with Crippen LogP contribution in [0.4, 0.5) is 26.3 Å². The van der Waals surface area contributed by atoms with Gasteiger partial charge >= 0.3 is 12.4 Å². The zero-order chi connectivity index (χ0) is 20.1. The van der Waals surface area contributed by atoms with Crippen LogP contribution < -0.4 is 0 Å². The summed E-state index contributed by atoms with van der Waals surface area (Å²) >= 11 is 0. The van der Waals surface area contributed by atoms with Crippen molar-refractivity contribution in [2.24, 2.45) is 0 Å². The average molecular weight is 378 g/mol. The highest BCUT2D eigenvalue weighted by Gasteiger charge is 2.34. The Labute approximate surface area is 146 Å². The zero-order valence-corrected chi connectivity index (χ0v) is 13.8. The van der Waals surface area contributed by atoms with Gasteiger partial charge in [0.15, 0.2) is 5.78 Å². The number of rotatable bonds is 2. The number of Topliss-reactive ketones (excluding diaryl/α,β-unsaturated/α-hetero) is 1. The SMILES string of the molecule is CC(=O)c1ccccc1C(F)(F)F.C[C@H](O)c1ccccc1C(F)(F)F. The molecule has 0 bridgehead atoms. The third-order valence-electron chi connectivity index (χ3n) is 3.33. The van der Waals surface area contributed by atoms with E-state index in [-0.39, 0.29) is 11.1 Å². The predicted octanol–water partition coefficient (Wildman–Crippen LogP) is 5.67. The first-order chi connectivity index (χ1) is 11.9. The minimum absolute atomic E-state index is 0.0880. The van der Waals surface area contributed by atoms with Gasteiger partial charge in [-0.05, 0) is 31.5 Å². The molecule has 0 saturated carbocycles. The molecule has 0 saturated heterocycles. The molecule has 1 N–H and O–H groups in total. The first-order valence-corrected chi connectivity index (χ1v) is 7.37. The zero-order valence-electron chi connectivity index (χ0n) is 13.8. The number of hydrogen-bond donors (Lipinski definition) is 1. The minimum Gasteiger partial charge on any atom is -0.389 e. The lowest BCUT2D eigenvalue weighted by Gasteiger charge is -2.13. The smallest absolute Gasteiger partial charge is 0.389 e. The number of halogens is 6. The molecule has 2 nitrogen and oxygen atoms in total. The molecule has 0 aliphatic carbocycles. The van der Waals surface area contributed by atoms with E-state index >= 15 is 0 Å². The summed E-state index contributed by atoms with van der Waals surface area (Å²) in [5.41, 5.74) is -2.02. The van der Waals surface area contributed by atoms with Crippen molar-refractivity contribution >= 4 is 5.78 Å². The second kappa shape index (κ2) is 8.35. The van der Waals surface area contributed by atoms with Gasteiger partial charge in [0.1, 0.15) is 0 Å². The third kappa shape index (κ3) is 5.87. The molecule has 0 unspecified atom stereocenters. The Kier molecular flexibility index (Phi) is 6.97. The molecule has 0 spiro atoms. The van der Waals surface area contributed by atoms with Crippen molar-refractivity contribution in [2.75, 3.05) is 0 Å². The fourth-order valence-electron chi connectivity index (χ4n) is 2.16. The molecule has 0 heterocycles. The van der Waals surface area contributed by atoms with E-state index in [4.69, 9.17) is 5.11 Å². The van der Waals surface area contributed by atoms with Crippen LogP contribution in [0.2, 0.25) is 0 Å². The number of aliphatic hydroxyl groups is 1. The Balaban J connectivity index is 0.000000260. The fourth-order valence-corrected chi connectivity index (χ4v) is 2.16. The van der Waals surface area contributed by atoms with Gasteiger partial charge in [-0.1, -0.05) is 36.4 Å². The van der Waals surface area contributed by atoms with Crippen LogP contribution in [0.3, 0.4) is 0 Å². The third-order valence-corrected chi connectivity index (χ3v) is 3.33. The lowest BCUT2D eigenvalue weighted by atomic mass is 10.0. The summed E-state index contributed by atoms with van der Waals surface area (Å²) in [6.07, 6.45) is -9.95. The number of ketones is 1. The van der Waals surface area contributed by atoms with Gasteiger partial charge in [-0.25, -0.2) is 0 Å². The van der Waals surface area contributed by atoms with Crippen LogP contribution in [0.5, 0.6) is 0 Å². The van der Waals surface area contributed by atoms with E-state index in [0.29, 0.717) is 0 Å². The quantitative estimate of drug-likeness (QED) is 0.540. The molecule has 0 radical (unpaired) electrons. The van der Waals surface area contributed by atoms with E-state index in [0.717, 1.165) is 19.1 Å². The molecule has 2 rings (SSSR count). The molecule has 142 valence electrons. The summed E-state index contributed by atoms with van der Waals surface area (Å²) in [6, 6.07) is 9.74. The van der Waals surface area contributed by atoms with Crippen LogP contribution in [0, 0.1) is 0 Å². The van der Waals surface area contributed by atoms with Gasteiger partial charge in [0.25, 0.3) is 0 Å². The van der Waals surface area contributed by atoms with Crippen molar-refractivity contribution in [2.45, 2.75) is 32.3 Å². The van der Waals surface area contributed by atoms with Crippen LogP contribution in [0.15, 0.2) is 48.5 Å². The van der Waals surface area contributed by atoms with E-state index < -0.39 is 35.4 Å². The standard InChI is InChI=1S/C9H9F3O.C9H7F3O/c2*1-6(13)7-4-2-3-5-8(7)9(10,11)12/h2-6,13H,1H3;2-5H,1H3/t6-;/m0./s1. The van der Waals surface area contributed by atoms with Crippen LogP contribution in [-0.2, 0) is 12.4 Å². The maximum absolute atomic E-state index is 12.3. The molecule has 2 aromatic rings. The number of aliphatic hydroxyl groups excluding tert-OH is 1. The molecule has 0 fully saturated rings. The number of hydrogen-bond acceptors (Lipinski definition) is 2. The molecule has 8 heteroatoms. The van der Waals surface area contributed by atoms with E-state index in [9.17, 15) is 31.1 Å². The van der Waals surface area contributed by atoms with Crippen molar-refractivity contribution in [3.8, 4) is 0 Å². The first kappa shape index (κ1) is 21.7. The highest BCUT2D eigenvalue weighted by atomic mass is 19.4. The minimum atomic E-state index is -4.46. The van der Waals surface area contributed by atoms with Crippen LogP contribution in [0.1, 0.15) is 47.0 Å². The summed E-state index contributed by atoms with van der Waals surface area (Å²) in [5.74, 6) is -0.576. The summed E-state index contributed by atoms with van der Waals surface area (Å²) in [4.78, 5) is 10.8. The molecular weight excluding hydrogens is 362 g/mol. The lowest BCUT2D eigenvalue weighted by molar-refractivity contribution is -0.139. The molecule has 1 atom stereocenters. The second-order valence-corrected chi connectivity index (χ2v) is 5.36. The second-order valence-electron chi connectivity index (χ2n) is 5.36. The Morgan fingerprint density at radius 3 is 1.62 bits per heavy atom. The largest absolute Gasteiger partial charge is 0.417 e. The average Bonchev–Trinajstić information content (AvgIpc) is 2.54. The van der Waals surface area contributed by atoms with Crippen molar-refractivity contribution < 1.29 is 36.2 Å². The van der Waals surface area contributed by atoms with Crippen molar-refractivity contribution in [3.05, 3.63) is 70.8 Å². The molecule has 0 aliphatic heterocycles. The topological polar surface area (TPSA) is 37.3 Å². The van der Waals surface area contributed by atoms with E-state index in [1.807, 2.05) is 0 Å². The van der Waals surface area contributed by atoms with Gasteiger partial charge in [0.2, 0.25) is 0 Å². The highest BCUT2D eigenvalue weighted by molar-refractivity contribution is 5.95. The van der Waals surface area contributed by atoms with Crippen molar-refractivity contribution in [3.63, 3.8) is 0 Å². The van der Waals surface area contributed by atoms with E-state index in [1.54, 1.807) is 0 Å². The van der Waals surface area contributed by atoms with Gasteiger partial charge in [-0.3, -0.25) is 4.79 Å². The fraction of sp³-hybridized carbons (Fsp3) is 0.278. The molecule has 0 aromatic heterocycles. The highest BCUT2D eigenvalue weighted by Crippen LogP contribution is 2.34. The summed E-state index contributed by atoms with van der Waals surface area (Å²) < 4.78 is 73.7. The molecule has 26 heavy (non-hydrogen) atoms. The number of alkyl halides is 6. The number of carbonyl (C=O) groups excluding carboxylic acids is 1. The van der Waals surface area contributed by atoms with Crippen LogP contribution in [0.25, 0.3) is 0 Å².